The number of carbonyl (C=O) groups is 2. The molecule has 2 N–H and O–H groups in total. The first-order chi connectivity index (χ1) is 12.5. The Bertz CT molecular complexity index is 991. The van der Waals surface area contributed by atoms with E-state index in [0.29, 0.717) is 16.4 Å². The van der Waals surface area contributed by atoms with Crippen LogP contribution < -0.4 is 15.4 Å². The Kier molecular flexibility index (Phi) is 5.08. The minimum Gasteiger partial charge on any atom is -0.494 e. The topological polar surface area (TPSA) is 80.3 Å². The number of aromatic nitrogens is 1. The van der Waals surface area contributed by atoms with Crippen LogP contribution in [-0.4, -0.2) is 30.5 Å². The number of benzene rings is 2. The summed E-state index contributed by atoms with van der Waals surface area (Å²) < 4.78 is 32.1. The fourth-order valence-electron chi connectivity index (χ4n) is 2.20. The first-order valence-electron chi connectivity index (χ1n) is 7.44. The van der Waals surface area contributed by atoms with Crippen LogP contribution in [0.5, 0.6) is 5.75 Å². The summed E-state index contributed by atoms with van der Waals surface area (Å²) in [5.74, 6) is -2.79. The van der Waals surface area contributed by atoms with Gasteiger partial charge in [0, 0.05) is 5.56 Å². The Balaban J connectivity index is 1.62. The average molecular weight is 377 g/mol. The number of nitrogens with one attached hydrogen (secondary N) is 2. The molecule has 0 aliphatic carbocycles. The Labute approximate surface area is 150 Å². The number of methoxy groups -OCH3 is 1. The summed E-state index contributed by atoms with van der Waals surface area (Å²) in [6, 6.07) is 8.16. The van der Waals surface area contributed by atoms with E-state index in [2.05, 4.69) is 15.6 Å². The zero-order chi connectivity index (χ0) is 18.7. The van der Waals surface area contributed by atoms with Crippen molar-refractivity contribution in [3.63, 3.8) is 0 Å². The lowest BCUT2D eigenvalue weighted by atomic mass is 10.2. The number of ether oxygens (including phenoxy) is 1. The highest BCUT2D eigenvalue weighted by Gasteiger charge is 2.13. The number of rotatable bonds is 5. The van der Waals surface area contributed by atoms with Crippen molar-refractivity contribution in [3.05, 3.63) is 53.6 Å². The first-order valence-corrected chi connectivity index (χ1v) is 8.26. The number of carbonyl (C=O) groups excluding carboxylic acids is 2. The molecule has 0 radical (unpaired) electrons. The van der Waals surface area contributed by atoms with Gasteiger partial charge in [-0.15, -0.1) is 0 Å². The third-order valence-corrected chi connectivity index (χ3v) is 4.38. The van der Waals surface area contributed by atoms with E-state index in [9.17, 15) is 18.4 Å². The number of thiazole rings is 1. The van der Waals surface area contributed by atoms with Gasteiger partial charge in [-0.2, -0.15) is 0 Å². The molecule has 1 aromatic heterocycles. The van der Waals surface area contributed by atoms with E-state index in [1.807, 2.05) is 12.1 Å². The molecule has 0 saturated carbocycles. The van der Waals surface area contributed by atoms with E-state index in [0.717, 1.165) is 22.9 Å². The van der Waals surface area contributed by atoms with Crippen molar-refractivity contribution in [1.82, 2.24) is 10.3 Å². The van der Waals surface area contributed by atoms with Gasteiger partial charge in [0.15, 0.2) is 16.8 Å². The molecule has 26 heavy (non-hydrogen) atoms. The van der Waals surface area contributed by atoms with Crippen molar-refractivity contribution in [2.45, 2.75) is 0 Å². The van der Waals surface area contributed by atoms with Crippen LogP contribution in [0.1, 0.15) is 10.4 Å². The fourth-order valence-corrected chi connectivity index (χ4v) is 3.10. The number of anilines is 1. The average Bonchev–Trinajstić information content (AvgIpc) is 3.04. The first kappa shape index (κ1) is 17.7. The zero-order valence-corrected chi connectivity index (χ0v) is 14.3. The van der Waals surface area contributed by atoms with Crippen LogP contribution in [0.25, 0.3) is 10.2 Å². The van der Waals surface area contributed by atoms with Crippen LogP contribution in [0, 0.1) is 11.6 Å². The Morgan fingerprint density at radius 2 is 2.00 bits per heavy atom. The quantitative estimate of drug-likeness (QED) is 0.716. The number of nitrogens with zero attached hydrogens (tertiary/aromatic N) is 1. The van der Waals surface area contributed by atoms with Crippen molar-refractivity contribution in [2.75, 3.05) is 19.0 Å². The summed E-state index contributed by atoms with van der Waals surface area (Å²) in [6.07, 6.45) is 0. The van der Waals surface area contributed by atoms with Gasteiger partial charge in [0.1, 0.15) is 11.3 Å². The Hall–Kier alpha value is -3.07. The molecular weight excluding hydrogens is 364 g/mol. The molecule has 0 aliphatic heterocycles. The maximum Gasteiger partial charge on any atom is 0.251 e. The van der Waals surface area contributed by atoms with Crippen molar-refractivity contribution in [1.29, 1.82) is 0 Å². The van der Waals surface area contributed by atoms with Crippen LogP contribution in [-0.2, 0) is 4.79 Å². The number of amides is 2. The molecule has 0 bridgehead atoms. The number of hydrogen-bond donors (Lipinski definition) is 2. The molecule has 0 fully saturated rings. The molecule has 6 nitrogen and oxygen atoms in total. The number of hydrogen-bond acceptors (Lipinski definition) is 5. The Morgan fingerprint density at radius 1 is 1.19 bits per heavy atom. The largest absolute Gasteiger partial charge is 0.494 e. The minimum absolute atomic E-state index is 0.0820. The normalized spacial score (nSPS) is 10.6. The van der Waals surface area contributed by atoms with Gasteiger partial charge in [-0.25, -0.2) is 13.8 Å². The van der Waals surface area contributed by atoms with E-state index < -0.39 is 23.4 Å². The zero-order valence-electron chi connectivity index (χ0n) is 13.5. The second kappa shape index (κ2) is 7.44. The predicted octanol–water partition coefficient (Wildman–Crippen LogP) is 2.95. The summed E-state index contributed by atoms with van der Waals surface area (Å²) >= 11 is 1.26. The molecule has 0 saturated heterocycles. The number of para-hydroxylation sites is 1. The van der Waals surface area contributed by atoms with Crippen LogP contribution in [0.2, 0.25) is 0 Å². The Morgan fingerprint density at radius 3 is 2.73 bits per heavy atom. The molecule has 0 unspecified atom stereocenters. The smallest absolute Gasteiger partial charge is 0.251 e. The van der Waals surface area contributed by atoms with E-state index in [1.54, 1.807) is 6.07 Å². The highest BCUT2D eigenvalue weighted by Crippen LogP contribution is 2.31. The monoisotopic (exact) mass is 377 g/mol. The van der Waals surface area contributed by atoms with Crippen LogP contribution in [0.3, 0.4) is 0 Å². The van der Waals surface area contributed by atoms with Crippen LogP contribution in [0.4, 0.5) is 13.9 Å². The second-order valence-corrected chi connectivity index (χ2v) is 6.22. The molecule has 2 aromatic carbocycles. The minimum atomic E-state index is -1.13. The van der Waals surface area contributed by atoms with Crippen molar-refractivity contribution < 1.29 is 23.1 Å². The van der Waals surface area contributed by atoms with Gasteiger partial charge >= 0.3 is 0 Å². The van der Waals surface area contributed by atoms with Crippen LogP contribution >= 0.6 is 11.3 Å². The SMILES string of the molecule is COc1cccc2sc(NC(=O)CNC(=O)c3ccc(F)c(F)c3)nc12. The second-order valence-electron chi connectivity index (χ2n) is 5.19. The third-order valence-electron chi connectivity index (χ3n) is 3.44. The van der Waals surface area contributed by atoms with E-state index in [4.69, 9.17) is 4.74 Å². The molecule has 0 atom stereocenters. The molecule has 3 aromatic rings. The van der Waals surface area contributed by atoms with Gasteiger partial charge in [0.25, 0.3) is 5.91 Å². The molecular formula is C17H13F2N3O3S. The van der Waals surface area contributed by atoms with Gasteiger partial charge < -0.3 is 15.4 Å². The van der Waals surface area contributed by atoms with E-state index in [1.165, 1.54) is 18.4 Å². The highest BCUT2D eigenvalue weighted by atomic mass is 32.1. The molecule has 9 heteroatoms. The molecule has 3 rings (SSSR count). The highest BCUT2D eigenvalue weighted by molar-refractivity contribution is 7.22. The van der Waals surface area contributed by atoms with Crippen molar-refractivity contribution in [3.8, 4) is 5.75 Å². The maximum atomic E-state index is 13.1. The molecule has 2 amide bonds. The van der Waals surface area contributed by atoms with Gasteiger partial charge in [-0.1, -0.05) is 17.4 Å². The molecule has 0 spiro atoms. The number of halogens is 2. The molecule has 134 valence electrons. The lowest BCUT2D eigenvalue weighted by Gasteiger charge is -2.05. The van der Waals surface area contributed by atoms with Gasteiger partial charge in [-0.05, 0) is 30.3 Å². The maximum absolute atomic E-state index is 13.1. The summed E-state index contributed by atoms with van der Waals surface area (Å²) in [7, 11) is 1.53. The van der Waals surface area contributed by atoms with Gasteiger partial charge in [0.05, 0.1) is 18.4 Å². The van der Waals surface area contributed by atoms with E-state index >= 15 is 0 Å². The van der Waals surface area contributed by atoms with Crippen molar-refractivity contribution >= 4 is 38.5 Å². The van der Waals surface area contributed by atoms with E-state index in [-0.39, 0.29) is 12.1 Å². The summed E-state index contributed by atoms with van der Waals surface area (Å²) in [4.78, 5) is 28.1. The molecule has 1 heterocycles. The predicted molar refractivity (Wildman–Crippen MR) is 93.5 cm³/mol. The fraction of sp³-hybridized carbons (Fsp3) is 0.118. The summed E-state index contributed by atoms with van der Waals surface area (Å²) in [6.45, 7) is -0.342. The lowest BCUT2D eigenvalue weighted by molar-refractivity contribution is -0.115. The molecule has 0 aliphatic rings. The van der Waals surface area contributed by atoms with Gasteiger partial charge in [-0.3, -0.25) is 9.59 Å². The summed E-state index contributed by atoms with van der Waals surface area (Å²) in [5.41, 5.74) is 0.544. The lowest BCUT2D eigenvalue weighted by Crippen LogP contribution is -2.32. The van der Waals surface area contributed by atoms with Crippen LogP contribution in [0.15, 0.2) is 36.4 Å². The number of fused-ring (bicyclic) bond motifs is 1. The third kappa shape index (κ3) is 3.77. The van der Waals surface area contributed by atoms with Gasteiger partial charge in [0.2, 0.25) is 5.91 Å². The summed E-state index contributed by atoms with van der Waals surface area (Å²) in [5, 5.41) is 5.27. The standard InChI is InChI=1S/C17H13F2N3O3S/c1-25-12-3-2-4-13-15(12)22-17(26-13)21-14(23)8-20-16(24)9-5-6-10(18)11(19)7-9/h2-7H,8H2,1H3,(H,20,24)(H,21,22,23). The van der Waals surface area contributed by atoms with Crippen molar-refractivity contribution in [2.24, 2.45) is 0 Å².